The van der Waals surface area contributed by atoms with Gasteiger partial charge in [-0.25, -0.2) is 0 Å². The number of nitrogens with zero attached hydrogens (tertiary/aromatic N) is 1. The second-order valence-electron chi connectivity index (χ2n) is 15.7. The summed E-state index contributed by atoms with van der Waals surface area (Å²) in [5.74, 6) is -1.08. The van der Waals surface area contributed by atoms with E-state index in [4.69, 9.17) is 18.5 Å². The number of aliphatic hydroxyl groups excluding tert-OH is 2. The molecule has 62 heavy (non-hydrogen) atoms. The Morgan fingerprint density at radius 1 is 0.613 bits per heavy atom. The van der Waals surface area contributed by atoms with Crippen LogP contribution in [0.5, 0.6) is 0 Å². The number of phosphoric ester groups is 1. The summed E-state index contributed by atoms with van der Waals surface area (Å²) in [6, 6.07) is 0. The molecular weight excluding hydrogens is 806 g/mol. The smallest absolute Gasteiger partial charge is 0.306 e. The molecule has 0 aliphatic rings. The average molecular weight is 886 g/mol. The van der Waals surface area contributed by atoms with E-state index >= 15 is 0 Å². The molecule has 0 amide bonds. The Morgan fingerprint density at radius 3 is 1.68 bits per heavy atom. The average Bonchev–Trinajstić information content (AvgIpc) is 3.21. The summed E-state index contributed by atoms with van der Waals surface area (Å²) in [7, 11) is 1.01. The zero-order valence-corrected chi connectivity index (χ0v) is 39.4. The number of aliphatic hydroxyl groups is 2. The summed E-state index contributed by atoms with van der Waals surface area (Å²) in [6.45, 7) is 3.70. The van der Waals surface area contributed by atoms with Crippen molar-refractivity contribution < 1.29 is 52.3 Å². The predicted molar refractivity (Wildman–Crippen MR) is 252 cm³/mol. The molecule has 0 bridgehead atoms. The van der Waals surface area contributed by atoms with Gasteiger partial charge in [0.1, 0.15) is 19.8 Å². The van der Waals surface area contributed by atoms with Crippen LogP contribution in [0.25, 0.3) is 0 Å². The van der Waals surface area contributed by atoms with Crippen LogP contribution in [0.1, 0.15) is 117 Å². The van der Waals surface area contributed by atoms with Gasteiger partial charge < -0.3 is 38.1 Å². The Morgan fingerprint density at radius 2 is 1.13 bits per heavy atom. The molecule has 0 radical (unpaired) electrons. The van der Waals surface area contributed by atoms with Crippen LogP contribution in [0.2, 0.25) is 0 Å². The van der Waals surface area contributed by atoms with Crippen molar-refractivity contribution in [3.05, 3.63) is 122 Å². The van der Waals surface area contributed by atoms with Gasteiger partial charge in [0.15, 0.2) is 6.10 Å². The molecule has 0 aromatic rings. The van der Waals surface area contributed by atoms with Crippen LogP contribution in [0, 0.1) is 0 Å². The molecule has 2 N–H and O–H groups in total. The van der Waals surface area contributed by atoms with Crippen LogP contribution in [0.3, 0.4) is 0 Å². The van der Waals surface area contributed by atoms with Crippen LogP contribution < -0.4 is 4.89 Å². The van der Waals surface area contributed by atoms with Crippen molar-refractivity contribution >= 4 is 19.8 Å². The van der Waals surface area contributed by atoms with Crippen molar-refractivity contribution in [2.75, 3.05) is 47.5 Å². The third-order valence-corrected chi connectivity index (χ3v) is 9.61. The first kappa shape index (κ1) is 58.3. The quantitative estimate of drug-likeness (QED) is 0.0153. The highest BCUT2D eigenvalue weighted by molar-refractivity contribution is 7.45. The van der Waals surface area contributed by atoms with Gasteiger partial charge in [0, 0.05) is 12.8 Å². The maximum Gasteiger partial charge on any atom is 0.306 e. The van der Waals surface area contributed by atoms with E-state index in [1.807, 2.05) is 76.7 Å². The first-order chi connectivity index (χ1) is 29.8. The topological polar surface area (TPSA) is 152 Å². The maximum absolute atomic E-state index is 12.7. The van der Waals surface area contributed by atoms with E-state index in [0.29, 0.717) is 49.6 Å². The van der Waals surface area contributed by atoms with Gasteiger partial charge >= 0.3 is 11.9 Å². The Balaban J connectivity index is 4.70. The second kappa shape index (κ2) is 40.1. The normalized spacial score (nSPS) is 15.7. The standard InChI is InChI=1S/C50H80NO10P/c1-6-8-10-11-12-13-14-15-16-17-18-19-20-21-22-27-35-41-50(55)61-48(45-60-62(56,57)59-43-42-51(3,4)5)44-58-49(54)40-34-26-24-23-25-31-37-47(53)39-33-29-28-32-38-46(52)36-30-9-7-2/h9,12-13,15-16,18-19,21-22,24-26,28-33,38-39,46-48,52-53H,6-8,10-11,14,17,20,23,27,34-37,40-45H2,1-5H3/b13-12-,16-15-,19-18-,22-21-,26-24-,29-28-,30-9-,31-25-,38-32+,39-33+/t46-,47+,48-/m1/s1. The molecule has 0 rings (SSSR count). The van der Waals surface area contributed by atoms with Crippen molar-refractivity contribution in [2.45, 2.75) is 135 Å². The van der Waals surface area contributed by atoms with Crippen LogP contribution in [0.4, 0.5) is 0 Å². The monoisotopic (exact) mass is 886 g/mol. The summed E-state index contributed by atoms with van der Waals surface area (Å²) in [6.07, 6.45) is 48.9. The number of unbranched alkanes of at least 4 members (excludes halogenated alkanes) is 4. The first-order valence-corrected chi connectivity index (χ1v) is 23.9. The molecule has 0 aromatic heterocycles. The minimum atomic E-state index is -4.69. The molecule has 0 aliphatic carbocycles. The van der Waals surface area contributed by atoms with Crippen LogP contribution in [-0.4, -0.2) is 92.5 Å². The molecule has 11 nitrogen and oxygen atoms in total. The molecule has 12 heteroatoms. The Labute approximate surface area is 374 Å². The molecule has 4 atom stereocenters. The first-order valence-electron chi connectivity index (χ1n) is 22.5. The fourth-order valence-electron chi connectivity index (χ4n) is 5.08. The van der Waals surface area contributed by atoms with E-state index < -0.39 is 44.7 Å². The fraction of sp³-hybridized carbons (Fsp3) is 0.560. The third kappa shape index (κ3) is 43.0. The molecule has 0 saturated carbocycles. The molecule has 0 saturated heterocycles. The molecule has 0 aliphatic heterocycles. The summed E-state index contributed by atoms with van der Waals surface area (Å²) >= 11 is 0. The number of quaternary nitrogens is 1. The molecule has 350 valence electrons. The van der Waals surface area contributed by atoms with Crippen molar-refractivity contribution in [3.8, 4) is 0 Å². The second-order valence-corrected chi connectivity index (χ2v) is 17.1. The van der Waals surface area contributed by atoms with Crippen molar-refractivity contribution in [1.29, 1.82) is 0 Å². The lowest BCUT2D eigenvalue weighted by Crippen LogP contribution is -2.37. The SMILES string of the molecule is CC/C=C\C[C@@H](O)/C=C/C=C\C=C\[C@@H](O)C/C=C\C/C=C\CCC(=O)OC[C@H](COP(=O)([O-])OCC[N+](C)(C)C)OC(=O)CCC/C=C\C/C=C\C/C=C\C/C=C\CCCCC. The predicted octanol–water partition coefficient (Wildman–Crippen LogP) is 10.2. The van der Waals surface area contributed by atoms with Gasteiger partial charge in [-0.3, -0.25) is 14.2 Å². The number of ether oxygens (including phenoxy) is 2. The Kier molecular flexibility index (Phi) is 37.8. The summed E-state index contributed by atoms with van der Waals surface area (Å²) in [5, 5.41) is 20.0. The summed E-state index contributed by atoms with van der Waals surface area (Å²) < 4.78 is 33.7. The van der Waals surface area contributed by atoms with E-state index in [2.05, 4.69) is 43.4 Å². The van der Waals surface area contributed by atoms with Gasteiger partial charge in [-0.05, 0) is 77.0 Å². The van der Waals surface area contributed by atoms with Crippen LogP contribution >= 0.6 is 7.82 Å². The van der Waals surface area contributed by atoms with Gasteiger partial charge in [0.05, 0.1) is 40.0 Å². The number of likely N-dealkylation sites (N-methyl/N-ethyl adjacent to an activating group) is 1. The van der Waals surface area contributed by atoms with Crippen LogP contribution in [-0.2, 0) is 32.7 Å². The zero-order chi connectivity index (χ0) is 46.0. The van der Waals surface area contributed by atoms with Gasteiger partial charge in [-0.2, -0.15) is 0 Å². The van der Waals surface area contributed by atoms with Gasteiger partial charge in [-0.15, -0.1) is 0 Å². The zero-order valence-electron chi connectivity index (χ0n) is 38.5. The van der Waals surface area contributed by atoms with Crippen molar-refractivity contribution in [1.82, 2.24) is 0 Å². The van der Waals surface area contributed by atoms with E-state index in [0.717, 1.165) is 32.1 Å². The van der Waals surface area contributed by atoms with E-state index in [1.165, 1.54) is 19.3 Å². The van der Waals surface area contributed by atoms with Gasteiger partial charge in [-0.1, -0.05) is 148 Å². The largest absolute Gasteiger partial charge is 0.756 e. The number of phosphoric acid groups is 1. The lowest BCUT2D eigenvalue weighted by molar-refractivity contribution is -0.870. The highest BCUT2D eigenvalue weighted by Crippen LogP contribution is 2.38. The molecule has 0 heterocycles. The molecule has 0 fully saturated rings. The molecular formula is C50H80NO10P. The Bertz CT molecular complexity index is 1500. The number of allylic oxidation sites excluding steroid dienone is 16. The minimum Gasteiger partial charge on any atom is -0.756 e. The highest BCUT2D eigenvalue weighted by atomic mass is 31.2. The number of carbonyl (C=O) groups is 2. The molecule has 1 unspecified atom stereocenters. The summed E-state index contributed by atoms with van der Waals surface area (Å²) in [4.78, 5) is 37.5. The van der Waals surface area contributed by atoms with Crippen molar-refractivity contribution in [3.63, 3.8) is 0 Å². The van der Waals surface area contributed by atoms with Crippen LogP contribution in [0.15, 0.2) is 122 Å². The van der Waals surface area contributed by atoms with Crippen molar-refractivity contribution in [2.24, 2.45) is 0 Å². The summed E-state index contributed by atoms with van der Waals surface area (Å²) in [5.41, 5.74) is 0. The lowest BCUT2D eigenvalue weighted by Gasteiger charge is -2.28. The van der Waals surface area contributed by atoms with Gasteiger partial charge in [0.25, 0.3) is 7.82 Å². The Hall–Kier alpha value is -3.67. The fourth-order valence-corrected chi connectivity index (χ4v) is 5.81. The van der Waals surface area contributed by atoms with E-state index in [9.17, 15) is 29.3 Å². The third-order valence-electron chi connectivity index (χ3n) is 8.65. The molecule has 0 aromatic carbocycles. The number of hydrogen-bond acceptors (Lipinski definition) is 10. The number of carbonyl (C=O) groups excluding carboxylic acids is 2. The highest BCUT2D eigenvalue weighted by Gasteiger charge is 2.21. The number of rotatable bonds is 38. The number of hydrogen-bond donors (Lipinski definition) is 2. The van der Waals surface area contributed by atoms with E-state index in [1.54, 1.807) is 36.5 Å². The molecule has 0 spiro atoms. The maximum atomic E-state index is 12.7. The minimum absolute atomic E-state index is 0.0755. The van der Waals surface area contributed by atoms with Gasteiger partial charge in [0.2, 0.25) is 0 Å². The lowest BCUT2D eigenvalue weighted by atomic mass is 10.2. The van der Waals surface area contributed by atoms with E-state index in [-0.39, 0.29) is 26.1 Å². The number of esters is 2.